The first-order valence-corrected chi connectivity index (χ1v) is 8.21. The molecule has 0 bridgehead atoms. The summed E-state index contributed by atoms with van der Waals surface area (Å²) in [4.78, 5) is 11.8. The largest absolute Gasteiger partial charge is 0.495 e. The normalized spacial score (nSPS) is 20.4. The maximum Gasteiger partial charge on any atom is 0.319 e. The number of nitrogens with one attached hydrogen (secondary N) is 2. The van der Waals surface area contributed by atoms with Crippen LogP contribution in [0.15, 0.2) is 18.2 Å². The third-order valence-electron chi connectivity index (χ3n) is 2.98. The second-order valence-corrected chi connectivity index (χ2v) is 7.21. The number of hydrogen-bond acceptors (Lipinski definition) is 4. The van der Waals surface area contributed by atoms with Crippen LogP contribution in [0.4, 0.5) is 10.5 Å². The molecule has 110 valence electrons. The van der Waals surface area contributed by atoms with Crippen molar-refractivity contribution in [1.29, 1.82) is 0 Å². The van der Waals surface area contributed by atoms with Crippen molar-refractivity contribution in [1.82, 2.24) is 5.32 Å². The van der Waals surface area contributed by atoms with E-state index in [9.17, 15) is 13.2 Å². The van der Waals surface area contributed by atoms with Crippen LogP contribution in [0.3, 0.4) is 0 Å². The molecule has 1 aromatic carbocycles. The first-order valence-electron chi connectivity index (χ1n) is 6.01. The molecule has 0 radical (unpaired) electrons. The van der Waals surface area contributed by atoms with Gasteiger partial charge in [-0.2, -0.15) is 0 Å². The Bertz CT molecular complexity index is 618. The molecule has 20 heavy (non-hydrogen) atoms. The number of carbonyl (C=O) groups excluding carboxylic acids is 1. The molecular weight excluding hydrogens is 304 g/mol. The number of anilines is 1. The zero-order chi connectivity index (χ0) is 14.8. The minimum Gasteiger partial charge on any atom is -0.495 e. The lowest BCUT2D eigenvalue weighted by Gasteiger charge is -2.14. The van der Waals surface area contributed by atoms with Crippen molar-refractivity contribution in [3.8, 4) is 5.75 Å². The highest BCUT2D eigenvalue weighted by molar-refractivity contribution is 7.91. The number of urea groups is 1. The topological polar surface area (TPSA) is 84.5 Å². The molecule has 1 aromatic rings. The molecule has 1 fully saturated rings. The van der Waals surface area contributed by atoms with Crippen LogP contribution in [-0.4, -0.2) is 39.1 Å². The van der Waals surface area contributed by atoms with Gasteiger partial charge in [0, 0.05) is 11.1 Å². The second kappa shape index (κ2) is 5.88. The monoisotopic (exact) mass is 318 g/mol. The SMILES string of the molecule is COc1ccc(Cl)cc1NC(=O)N[C@H]1CCS(=O)(=O)C1. The fraction of sp³-hybridized carbons (Fsp3) is 0.417. The molecule has 6 nitrogen and oxygen atoms in total. The van der Waals surface area contributed by atoms with Crippen LogP contribution < -0.4 is 15.4 Å². The predicted molar refractivity (Wildman–Crippen MR) is 77.2 cm³/mol. The molecule has 0 aromatic heterocycles. The van der Waals surface area contributed by atoms with E-state index in [1.807, 2.05) is 0 Å². The highest BCUT2D eigenvalue weighted by Crippen LogP contribution is 2.27. The number of carbonyl (C=O) groups is 1. The van der Waals surface area contributed by atoms with Gasteiger partial charge >= 0.3 is 6.03 Å². The van der Waals surface area contributed by atoms with Crippen LogP contribution in [0.2, 0.25) is 5.02 Å². The van der Waals surface area contributed by atoms with E-state index in [4.69, 9.17) is 16.3 Å². The van der Waals surface area contributed by atoms with Gasteiger partial charge in [0.2, 0.25) is 0 Å². The number of sulfone groups is 1. The lowest BCUT2D eigenvalue weighted by atomic mass is 10.2. The summed E-state index contributed by atoms with van der Waals surface area (Å²) in [6, 6.07) is 4.01. The molecule has 1 atom stereocenters. The lowest BCUT2D eigenvalue weighted by Crippen LogP contribution is -2.38. The molecule has 8 heteroatoms. The summed E-state index contributed by atoms with van der Waals surface area (Å²) in [6.07, 6.45) is 0.433. The van der Waals surface area contributed by atoms with Crippen LogP contribution in [-0.2, 0) is 9.84 Å². The van der Waals surface area contributed by atoms with Gasteiger partial charge in [-0.25, -0.2) is 13.2 Å². The average Bonchev–Trinajstić information content (AvgIpc) is 2.68. The van der Waals surface area contributed by atoms with E-state index in [0.29, 0.717) is 22.9 Å². The maximum atomic E-state index is 11.8. The standard InChI is InChI=1S/C12H15ClN2O4S/c1-19-11-3-2-8(13)6-10(11)15-12(16)14-9-4-5-20(17,18)7-9/h2-3,6,9H,4-5,7H2,1H3,(H2,14,15,16)/t9-/m0/s1. The number of halogens is 1. The van der Waals surface area contributed by atoms with E-state index in [1.165, 1.54) is 7.11 Å². The molecule has 0 aliphatic carbocycles. The number of ether oxygens (including phenoxy) is 1. The number of hydrogen-bond donors (Lipinski definition) is 2. The molecule has 1 aliphatic rings. The molecule has 0 saturated carbocycles. The Balaban J connectivity index is 2.00. The fourth-order valence-corrected chi connectivity index (χ4v) is 3.88. The third kappa shape index (κ3) is 3.77. The number of rotatable bonds is 3. The van der Waals surface area contributed by atoms with E-state index in [-0.39, 0.29) is 17.5 Å². The van der Waals surface area contributed by atoms with Crippen molar-refractivity contribution in [3.63, 3.8) is 0 Å². The Labute approximate surface area is 122 Å². The first kappa shape index (κ1) is 14.9. The Hall–Kier alpha value is -1.47. The Morgan fingerprint density at radius 2 is 2.20 bits per heavy atom. The van der Waals surface area contributed by atoms with Gasteiger partial charge in [-0.1, -0.05) is 11.6 Å². The van der Waals surface area contributed by atoms with Crippen molar-refractivity contribution in [2.75, 3.05) is 23.9 Å². The van der Waals surface area contributed by atoms with Crippen LogP contribution in [0, 0.1) is 0 Å². The van der Waals surface area contributed by atoms with Gasteiger partial charge in [-0.15, -0.1) is 0 Å². The summed E-state index contributed by atoms with van der Waals surface area (Å²) in [5.41, 5.74) is 0.429. The van der Waals surface area contributed by atoms with Crippen molar-refractivity contribution < 1.29 is 17.9 Å². The zero-order valence-electron chi connectivity index (χ0n) is 10.8. The molecule has 1 heterocycles. The highest BCUT2D eigenvalue weighted by Gasteiger charge is 2.29. The maximum absolute atomic E-state index is 11.8. The summed E-state index contributed by atoms with van der Waals surface area (Å²) in [7, 11) is -1.54. The highest BCUT2D eigenvalue weighted by atomic mass is 35.5. The van der Waals surface area contributed by atoms with Gasteiger partial charge in [-0.3, -0.25) is 0 Å². The molecule has 1 aliphatic heterocycles. The van der Waals surface area contributed by atoms with Gasteiger partial charge in [0.25, 0.3) is 0 Å². The van der Waals surface area contributed by atoms with Gasteiger partial charge in [0.05, 0.1) is 24.3 Å². The second-order valence-electron chi connectivity index (χ2n) is 4.54. The van der Waals surface area contributed by atoms with Crippen molar-refractivity contribution in [2.24, 2.45) is 0 Å². The number of benzene rings is 1. The van der Waals surface area contributed by atoms with Crippen LogP contribution in [0.25, 0.3) is 0 Å². The van der Waals surface area contributed by atoms with E-state index < -0.39 is 15.9 Å². The summed E-state index contributed by atoms with van der Waals surface area (Å²) in [6.45, 7) is 0. The van der Waals surface area contributed by atoms with E-state index in [2.05, 4.69) is 10.6 Å². The van der Waals surface area contributed by atoms with Crippen molar-refractivity contribution in [3.05, 3.63) is 23.2 Å². The van der Waals surface area contributed by atoms with Gasteiger partial charge in [-0.05, 0) is 24.6 Å². The van der Waals surface area contributed by atoms with Gasteiger partial charge in [0.1, 0.15) is 5.75 Å². The predicted octanol–water partition coefficient (Wildman–Crippen LogP) is 1.66. The lowest BCUT2D eigenvalue weighted by molar-refractivity contribution is 0.249. The molecule has 0 unspecified atom stereocenters. The zero-order valence-corrected chi connectivity index (χ0v) is 12.4. The summed E-state index contributed by atoms with van der Waals surface area (Å²) in [5, 5.41) is 5.69. The van der Waals surface area contributed by atoms with E-state index in [0.717, 1.165) is 0 Å². The summed E-state index contributed by atoms with van der Waals surface area (Å²) >= 11 is 5.86. The molecule has 2 rings (SSSR count). The van der Waals surface area contributed by atoms with Gasteiger partial charge < -0.3 is 15.4 Å². The number of methoxy groups -OCH3 is 1. The minimum atomic E-state index is -3.02. The Morgan fingerprint density at radius 1 is 1.45 bits per heavy atom. The molecule has 2 amide bonds. The minimum absolute atomic E-state index is 0.0207. The third-order valence-corrected chi connectivity index (χ3v) is 4.98. The van der Waals surface area contributed by atoms with Crippen LogP contribution >= 0.6 is 11.6 Å². The Kier molecular flexibility index (Phi) is 4.39. The fourth-order valence-electron chi connectivity index (χ4n) is 2.03. The number of amides is 2. The molecular formula is C12H15ClN2O4S. The Morgan fingerprint density at radius 3 is 2.80 bits per heavy atom. The van der Waals surface area contributed by atoms with Crippen molar-refractivity contribution >= 4 is 33.2 Å². The van der Waals surface area contributed by atoms with Crippen LogP contribution in [0.1, 0.15) is 6.42 Å². The summed E-state index contributed by atoms with van der Waals surface area (Å²) < 4.78 is 27.7. The molecule has 1 saturated heterocycles. The summed E-state index contributed by atoms with van der Waals surface area (Å²) in [5.74, 6) is 0.564. The van der Waals surface area contributed by atoms with E-state index in [1.54, 1.807) is 18.2 Å². The van der Waals surface area contributed by atoms with Gasteiger partial charge in [0.15, 0.2) is 9.84 Å². The quantitative estimate of drug-likeness (QED) is 0.887. The van der Waals surface area contributed by atoms with Crippen molar-refractivity contribution in [2.45, 2.75) is 12.5 Å². The average molecular weight is 319 g/mol. The molecule has 0 spiro atoms. The molecule has 2 N–H and O–H groups in total. The smallest absolute Gasteiger partial charge is 0.319 e. The van der Waals surface area contributed by atoms with E-state index >= 15 is 0 Å². The first-order chi connectivity index (χ1) is 9.39. The van der Waals surface area contributed by atoms with Crippen LogP contribution in [0.5, 0.6) is 5.75 Å².